The van der Waals surface area contributed by atoms with Crippen LogP contribution in [0, 0.1) is 0 Å². The third-order valence-electron chi connectivity index (χ3n) is 9.60. The largest absolute Gasteiger partial charge is 0.491 e. The van der Waals surface area contributed by atoms with Crippen LogP contribution in [0.15, 0.2) is 110 Å². The number of rotatable bonds is 20. The fraction of sp³-hybridized carbons (Fsp3) is 0.349. The standard InChI is InChI=1S/C43H46O8/c1-3-17-46-23-33(44)21-29-19-31(13-15-41(29)51-28-36-27-49-36)43(39-11-7-5-9-37(39)38-10-6-8-12-40(38)43)32-14-16-42(30(20-32)22-35-26-48-35)50-25-34(45)24-47-18-4-2/h3-16,19-20,33-36,44-45H,1-2,17-18,21-28H2. The van der Waals surface area contributed by atoms with Crippen molar-refractivity contribution in [2.45, 2.75) is 42.7 Å². The second kappa shape index (κ2) is 15.9. The number of epoxide rings is 2. The normalized spacial score (nSPS) is 19.0. The van der Waals surface area contributed by atoms with Gasteiger partial charge in [-0.15, -0.1) is 13.2 Å². The first-order chi connectivity index (χ1) is 25.0. The minimum Gasteiger partial charge on any atom is -0.491 e. The second-order valence-electron chi connectivity index (χ2n) is 13.4. The van der Waals surface area contributed by atoms with Crippen LogP contribution in [0.3, 0.4) is 0 Å². The molecule has 0 amide bonds. The van der Waals surface area contributed by atoms with Crippen molar-refractivity contribution < 1.29 is 38.6 Å². The molecule has 4 aromatic rings. The van der Waals surface area contributed by atoms with E-state index in [0.717, 1.165) is 28.0 Å². The average Bonchev–Trinajstić information content (AvgIpc) is 4.10. The summed E-state index contributed by atoms with van der Waals surface area (Å²) in [5.41, 5.74) is 8.04. The number of ether oxygens (including phenoxy) is 6. The summed E-state index contributed by atoms with van der Waals surface area (Å²) in [5.74, 6) is 1.43. The lowest BCUT2D eigenvalue weighted by Gasteiger charge is -2.35. The zero-order valence-corrected chi connectivity index (χ0v) is 28.9. The molecule has 266 valence electrons. The molecule has 7 rings (SSSR count). The van der Waals surface area contributed by atoms with Crippen LogP contribution in [-0.2, 0) is 37.2 Å². The molecule has 2 fully saturated rings. The molecule has 0 saturated carbocycles. The third kappa shape index (κ3) is 7.82. The smallest absolute Gasteiger partial charge is 0.122 e. The van der Waals surface area contributed by atoms with Gasteiger partial charge in [0.1, 0.15) is 36.9 Å². The number of aliphatic hydroxyl groups is 2. The molecule has 8 nitrogen and oxygen atoms in total. The minimum atomic E-state index is -0.780. The maximum absolute atomic E-state index is 11.1. The predicted octanol–water partition coefficient (Wildman–Crippen LogP) is 5.82. The van der Waals surface area contributed by atoms with Crippen LogP contribution in [0.2, 0.25) is 0 Å². The molecule has 0 aromatic heterocycles. The summed E-state index contributed by atoms with van der Waals surface area (Å²) < 4.78 is 34.7. The first kappa shape index (κ1) is 35.1. The Kier molecular flexibility index (Phi) is 11.0. The highest BCUT2D eigenvalue weighted by atomic mass is 16.6. The Bertz CT molecular complexity index is 1780. The zero-order valence-electron chi connectivity index (χ0n) is 28.9. The molecule has 51 heavy (non-hydrogen) atoms. The van der Waals surface area contributed by atoms with Gasteiger partial charge in [0.05, 0.1) is 57.3 Å². The summed E-state index contributed by atoms with van der Waals surface area (Å²) in [5, 5.41) is 21.7. The summed E-state index contributed by atoms with van der Waals surface area (Å²) in [4.78, 5) is 0. The van der Waals surface area contributed by atoms with E-state index in [-0.39, 0.29) is 32.0 Å². The van der Waals surface area contributed by atoms with Gasteiger partial charge in [-0.3, -0.25) is 0 Å². The molecule has 1 aliphatic carbocycles. The van der Waals surface area contributed by atoms with Crippen LogP contribution >= 0.6 is 0 Å². The van der Waals surface area contributed by atoms with Crippen LogP contribution in [-0.4, -0.2) is 87.5 Å². The van der Waals surface area contributed by atoms with Gasteiger partial charge in [-0.05, 0) is 56.6 Å². The Morgan fingerprint density at radius 3 is 1.82 bits per heavy atom. The van der Waals surface area contributed by atoms with Gasteiger partial charge in [0.2, 0.25) is 0 Å². The molecule has 0 bridgehead atoms. The monoisotopic (exact) mass is 690 g/mol. The third-order valence-corrected chi connectivity index (χ3v) is 9.60. The molecular formula is C43H46O8. The van der Waals surface area contributed by atoms with Crippen molar-refractivity contribution in [3.63, 3.8) is 0 Å². The van der Waals surface area contributed by atoms with E-state index in [9.17, 15) is 10.2 Å². The summed E-state index contributed by atoms with van der Waals surface area (Å²) in [6, 6.07) is 30.0. The maximum atomic E-state index is 11.1. The summed E-state index contributed by atoms with van der Waals surface area (Å²) in [6.45, 7) is 10.4. The fourth-order valence-corrected chi connectivity index (χ4v) is 7.15. The molecule has 2 N–H and O–H groups in total. The summed E-state index contributed by atoms with van der Waals surface area (Å²) in [7, 11) is 0. The van der Waals surface area contributed by atoms with E-state index < -0.39 is 17.6 Å². The lowest BCUT2D eigenvalue weighted by Crippen LogP contribution is -2.29. The van der Waals surface area contributed by atoms with E-state index in [1.165, 1.54) is 22.3 Å². The fourth-order valence-electron chi connectivity index (χ4n) is 7.15. The van der Waals surface area contributed by atoms with E-state index in [1.807, 2.05) is 12.1 Å². The van der Waals surface area contributed by atoms with Crippen molar-refractivity contribution in [2.24, 2.45) is 0 Å². The number of fused-ring (bicyclic) bond motifs is 3. The van der Waals surface area contributed by atoms with Crippen molar-refractivity contribution in [3.8, 4) is 22.6 Å². The van der Waals surface area contributed by atoms with Crippen molar-refractivity contribution in [1.29, 1.82) is 0 Å². The van der Waals surface area contributed by atoms with Gasteiger partial charge >= 0.3 is 0 Å². The number of hydrogen-bond acceptors (Lipinski definition) is 8. The van der Waals surface area contributed by atoms with Gasteiger partial charge in [0, 0.05) is 12.8 Å². The van der Waals surface area contributed by atoms with E-state index >= 15 is 0 Å². The first-order valence-corrected chi connectivity index (χ1v) is 17.7. The Labute approximate surface area is 299 Å². The molecule has 2 aliphatic heterocycles. The van der Waals surface area contributed by atoms with Crippen LogP contribution in [0.1, 0.15) is 33.4 Å². The Balaban J connectivity index is 1.34. The van der Waals surface area contributed by atoms with Crippen molar-refractivity contribution in [3.05, 3.63) is 144 Å². The molecule has 4 unspecified atom stereocenters. The Morgan fingerprint density at radius 2 is 1.24 bits per heavy atom. The minimum absolute atomic E-state index is 0.0914. The average molecular weight is 691 g/mol. The molecule has 4 aromatic carbocycles. The van der Waals surface area contributed by atoms with Crippen LogP contribution < -0.4 is 9.47 Å². The van der Waals surface area contributed by atoms with Gasteiger partial charge in [-0.1, -0.05) is 84.9 Å². The number of benzene rings is 4. The van der Waals surface area contributed by atoms with Crippen molar-refractivity contribution in [1.82, 2.24) is 0 Å². The topological polar surface area (TPSA) is 102 Å². The Morgan fingerprint density at radius 1 is 0.686 bits per heavy atom. The number of aliphatic hydroxyl groups excluding tert-OH is 2. The molecule has 0 radical (unpaired) electrons. The van der Waals surface area contributed by atoms with Crippen molar-refractivity contribution >= 4 is 0 Å². The van der Waals surface area contributed by atoms with E-state index in [4.69, 9.17) is 28.4 Å². The van der Waals surface area contributed by atoms with Gasteiger partial charge in [0.25, 0.3) is 0 Å². The Hall–Kier alpha value is -4.28. The summed E-state index contributed by atoms with van der Waals surface area (Å²) >= 11 is 0. The highest BCUT2D eigenvalue weighted by molar-refractivity contribution is 5.86. The molecule has 3 aliphatic rings. The second-order valence-corrected chi connectivity index (χ2v) is 13.4. The SMILES string of the molecule is C=CCOCC(O)COc1ccc(C2(c3ccc(OCC4CO4)c(CC(O)COCC=C)c3)c3ccccc3-c3ccccc32)cc1CC1CO1. The van der Waals surface area contributed by atoms with E-state index in [0.29, 0.717) is 51.6 Å². The first-order valence-electron chi connectivity index (χ1n) is 17.7. The maximum Gasteiger partial charge on any atom is 0.122 e. The quantitative estimate of drug-likeness (QED) is 0.0599. The van der Waals surface area contributed by atoms with Crippen LogP contribution in [0.5, 0.6) is 11.5 Å². The molecule has 8 heteroatoms. The van der Waals surface area contributed by atoms with Crippen molar-refractivity contribution in [2.75, 3.05) is 52.9 Å². The molecule has 2 heterocycles. The molecule has 2 saturated heterocycles. The van der Waals surface area contributed by atoms with Gasteiger partial charge in [0.15, 0.2) is 0 Å². The zero-order chi connectivity index (χ0) is 35.2. The van der Waals surface area contributed by atoms with Gasteiger partial charge in [-0.2, -0.15) is 0 Å². The predicted molar refractivity (Wildman–Crippen MR) is 196 cm³/mol. The number of hydrogen-bond donors (Lipinski definition) is 2. The lowest BCUT2D eigenvalue weighted by molar-refractivity contribution is 0.0212. The van der Waals surface area contributed by atoms with Crippen LogP contribution in [0.4, 0.5) is 0 Å². The summed E-state index contributed by atoms with van der Waals surface area (Å²) in [6.07, 6.45) is 3.06. The van der Waals surface area contributed by atoms with Crippen LogP contribution in [0.25, 0.3) is 11.1 Å². The molecule has 4 atom stereocenters. The highest BCUT2D eigenvalue weighted by Crippen LogP contribution is 2.56. The van der Waals surface area contributed by atoms with Gasteiger partial charge in [-0.25, -0.2) is 0 Å². The highest BCUT2D eigenvalue weighted by Gasteiger charge is 2.46. The van der Waals surface area contributed by atoms with Gasteiger partial charge < -0.3 is 38.6 Å². The molecule has 0 spiro atoms. The van der Waals surface area contributed by atoms with E-state index in [1.54, 1.807) is 12.2 Å². The van der Waals surface area contributed by atoms with E-state index in [2.05, 4.69) is 86.0 Å². The lowest BCUT2D eigenvalue weighted by atomic mass is 9.67. The molecular weight excluding hydrogens is 644 g/mol.